The van der Waals surface area contributed by atoms with Crippen LogP contribution in [0.15, 0.2) is 24.3 Å². The summed E-state index contributed by atoms with van der Waals surface area (Å²) in [5.41, 5.74) is 1.95. The normalized spacial score (nSPS) is 24.4. The molecule has 4 atom stereocenters. The molecule has 2 rings (SSSR count). The highest BCUT2D eigenvalue weighted by atomic mass is 35.5. The fraction of sp³-hybridized carbons (Fsp3) is 0.720. The Bertz CT molecular complexity index is 656. The summed E-state index contributed by atoms with van der Waals surface area (Å²) >= 11 is 6.62. The van der Waals surface area contributed by atoms with Crippen LogP contribution in [0, 0.1) is 5.92 Å². The van der Waals surface area contributed by atoms with Crippen LogP contribution in [-0.4, -0.2) is 40.4 Å². The summed E-state index contributed by atoms with van der Waals surface area (Å²) in [4.78, 5) is 11.6. The summed E-state index contributed by atoms with van der Waals surface area (Å²) in [5, 5.41) is 20.2. The number of carbonyl (C=O) groups excluding carboxylic acids is 1. The number of halogens is 1. The van der Waals surface area contributed by atoms with Crippen molar-refractivity contribution in [3.05, 3.63) is 35.4 Å². The molecule has 5 heteroatoms. The molecule has 0 spiro atoms. The minimum absolute atomic E-state index is 0.0143. The monoisotopic (exact) mass is 438 g/mol. The maximum absolute atomic E-state index is 11.6. The van der Waals surface area contributed by atoms with E-state index in [1.165, 1.54) is 0 Å². The molecule has 0 unspecified atom stereocenters. The third-order valence-electron chi connectivity index (χ3n) is 6.31. The topological polar surface area (TPSA) is 66.8 Å². The van der Waals surface area contributed by atoms with Gasteiger partial charge in [-0.15, -0.1) is 11.6 Å². The van der Waals surface area contributed by atoms with E-state index < -0.39 is 6.10 Å². The number of ether oxygens (including phenoxy) is 1. The number of carbonyl (C=O) groups is 1. The number of hydrogen-bond donors (Lipinski definition) is 2. The van der Waals surface area contributed by atoms with Gasteiger partial charge in [0.2, 0.25) is 0 Å². The molecule has 0 heterocycles. The zero-order chi connectivity index (χ0) is 22.3. The van der Waals surface area contributed by atoms with Crippen LogP contribution in [0.25, 0.3) is 0 Å². The zero-order valence-corrected chi connectivity index (χ0v) is 19.7. The fourth-order valence-corrected chi connectivity index (χ4v) is 4.93. The molecule has 2 N–H and O–H groups in total. The van der Waals surface area contributed by atoms with Crippen molar-refractivity contribution in [1.29, 1.82) is 0 Å². The van der Waals surface area contributed by atoms with Crippen molar-refractivity contribution in [2.45, 2.75) is 102 Å². The summed E-state index contributed by atoms with van der Waals surface area (Å²) in [6.07, 6.45) is 5.59. The van der Waals surface area contributed by atoms with Crippen molar-refractivity contribution in [3.63, 3.8) is 0 Å². The number of aliphatic hydroxyl groups is 2. The van der Waals surface area contributed by atoms with Crippen LogP contribution in [-0.2, 0) is 14.9 Å². The molecule has 0 aliphatic heterocycles. The Morgan fingerprint density at radius 3 is 2.40 bits per heavy atom. The van der Waals surface area contributed by atoms with E-state index in [-0.39, 0.29) is 41.3 Å². The van der Waals surface area contributed by atoms with Gasteiger partial charge in [0, 0.05) is 23.1 Å². The molecule has 1 aliphatic carbocycles. The van der Waals surface area contributed by atoms with Crippen LogP contribution in [0.3, 0.4) is 0 Å². The second kappa shape index (κ2) is 11.5. The molecular formula is C25H39ClO4. The van der Waals surface area contributed by atoms with E-state index in [0.29, 0.717) is 12.8 Å². The lowest BCUT2D eigenvalue weighted by molar-refractivity contribution is -0.147. The molecule has 0 bridgehead atoms. The zero-order valence-electron chi connectivity index (χ0n) is 18.9. The van der Waals surface area contributed by atoms with Crippen LogP contribution in [0.5, 0.6) is 0 Å². The van der Waals surface area contributed by atoms with Gasteiger partial charge in [0.1, 0.15) is 0 Å². The van der Waals surface area contributed by atoms with Gasteiger partial charge in [-0.3, -0.25) is 4.79 Å². The van der Waals surface area contributed by atoms with Crippen LogP contribution in [0.2, 0.25) is 0 Å². The first-order valence-corrected chi connectivity index (χ1v) is 11.8. The largest absolute Gasteiger partial charge is 0.463 e. The van der Waals surface area contributed by atoms with Crippen molar-refractivity contribution in [3.8, 4) is 0 Å². The van der Waals surface area contributed by atoms with Gasteiger partial charge < -0.3 is 14.9 Å². The third kappa shape index (κ3) is 6.96. The summed E-state index contributed by atoms with van der Waals surface area (Å²) < 4.78 is 5.17. The average Bonchev–Trinajstić information content (AvgIpc) is 2.97. The first kappa shape index (κ1) is 25.2. The highest BCUT2D eigenvalue weighted by molar-refractivity contribution is 6.21. The first-order valence-electron chi connectivity index (χ1n) is 11.4. The fourth-order valence-electron chi connectivity index (χ4n) is 4.46. The predicted octanol–water partition coefficient (Wildman–Crippen LogP) is 5.32. The summed E-state index contributed by atoms with van der Waals surface area (Å²) in [6.45, 7) is 7.88. The van der Waals surface area contributed by atoms with Gasteiger partial charge >= 0.3 is 5.97 Å². The van der Waals surface area contributed by atoms with Gasteiger partial charge in [0.25, 0.3) is 0 Å². The third-order valence-corrected chi connectivity index (χ3v) is 6.82. The van der Waals surface area contributed by atoms with Gasteiger partial charge in [0.15, 0.2) is 0 Å². The molecule has 1 saturated carbocycles. The lowest BCUT2D eigenvalue weighted by atomic mass is 9.81. The summed E-state index contributed by atoms with van der Waals surface area (Å²) in [6, 6.07) is 8.30. The van der Waals surface area contributed by atoms with Gasteiger partial charge in [-0.1, -0.05) is 57.4 Å². The number of rotatable bonds is 11. The van der Waals surface area contributed by atoms with Crippen LogP contribution in [0.1, 0.15) is 89.7 Å². The van der Waals surface area contributed by atoms with E-state index >= 15 is 0 Å². The van der Waals surface area contributed by atoms with Crippen molar-refractivity contribution in [2.24, 2.45) is 5.92 Å². The highest BCUT2D eigenvalue weighted by Crippen LogP contribution is 2.45. The number of aliphatic hydroxyl groups excluding tert-OH is 2. The van der Waals surface area contributed by atoms with E-state index in [0.717, 1.165) is 43.2 Å². The number of alkyl halides is 1. The van der Waals surface area contributed by atoms with Crippen LogP contribution in [0.4, 0.5) is 0 Å². The van der Waals surface area contributed by atoms with Crippen molar-refractivity contribution >= 4 is 17.6 Å². The quantitative estimate of drug-likeness (QED) is 0.278. The van der Waals surface area contributed by atoms with Crippen molar-refractivity contribution < 1.29 is 19.7 Å². The van der Waals surface area contributed by atoms with E-state index in [1.807, 2.05) is 27.7 Å². The maximum Gasteiger partial charge on any atom is 0.306 e. The molecule has 0 aromatic heterocycles. The predicted molar refractivity (Wildman–Crippen MR) is 122 cm³/mol. The molecule has 4 nitrogen and oxygen atoms in total. The average molecular weight is 439 g/mol. The smallest absolute Gasteiger partial charge is 0.306 e. The van der Waals surface area contributed by atoms with Gasteiger partial charge in [-0.05, 0) is 50.2 Å². The molecule has 0 amide bonds. The molecule has 1 aliphatic rings. The van der Waals surface area contributed by atoms with E-state index in [4.69, 9.17) is 16.3 Å². The molecule has 1 fully saturated rings. The second-order valence-corrected chi connectivity index (χ2v) is 10.2. The molecule has 1 aromatic carbocycles. The van der Waals surface area contributed by atoms with Gasteiger partial charge in [0.05, 0.1) is 18.8 Å². The molecular weight excluding hydrogens is 400 g/mol. The molecule has 1 aromatic rings. The van der Waals surface area contributed by atoms with E-state index in [2.05, 4.69) is 24.3 Å². The van der Waals surface area contributed by atoms with E-state index in [1.54, 1.807) is 0 Å². The number of benzene rings is 1. The Balaban J connectivity index is 1.87. The highest BCUT2D eigenvalue weighted by Gasteiger charge is 2.41. The van der Waals surface area contributed by atoms with Gasteiger partial charge in [-0.2, -0.15) is 0 Å². The van der Waals surface area contributed by atoms with Crippen molar-refractivity contribution in [2.75, 3.05) is 6.61 Å². The molecule has 170 valence electrons. The van der Waals surface area contributed by atoms with Crippen LogP contribution >= 0.6 is 11.6 Å². The van der Waals surface area contributed by atoms with Crippen molar-refractivity contribution in [1.82, 2.24) is 0 Å². The SMILES string of the molecule is CC(C)OC(=O)CCCCCC[C@@H]1[C@@H](c2ccc(C(C)(C)CO)cc2)[C@H](O)C[C@@H]1Cl. The Labute approximate surface area is 187 Å². The van der Waals surface area contributed by atoms with Crippen LogP contribution < -0.4 is 0 Å². The van der Waals surface area contributed by atoms with E-state index in [9.17, 15) is 15.0 Å². The Hall–Kier alpha value is -1.10. The number of esters is 1. The lowest BCUT2D eigenvalue weighted by Crippen LogP contribution is -2.23. The Kier molecular flexibility index (Phi) is 9.65. The summed E-state index contributed by atoms with van der Waals surface area (Å²) in [5.74, 6) is 0.196. The maximum atomic E-state index is 11.6. The minimum atomic E-state index is -0.417. The lowest BCUT2D eigenvalue weighted by Gasteiger charge is -2.26. The molecule has 30 heavy (non-hydrogen) atoms. The molecule has 0 radical (unpaired) electrons. The number of hydrogen-bond acceptors (Lipinski definition) is 4. The first-order chi connectivity index (χ1) is 14.2. The summed E-state index contributed by atoms with van der Waals surface area (Å²) in [7, 11) is 0. The van der Waals surface area contributed by atoms with Gasteiger partial charge in [-0.25, -0.2) is 0 Å². The second-order valence-electron chi connectivity index (χ2n) is 9.66. The standard InChI is InChI=1S/C25H39ClO4/c1-17(2)30-23(29)10-8-6-5-7-9-20-21(26)15-22(28)24(20)18-11-13-19(14-12-18)25(3,4)16-27/h11-14,17,20-22,24,27-28H,5-10,15-16H2,1-4H3/t20-,21-,22+,24+/m0/s1. The Morgan fingerprint density at radius 1 is 1.17 bits per heavy atom. The number of unbranched alkanes of at least 4 members (excludes halogenated alkanes) is 3. The minimum Gasteiger partial charge on any atom is -0.463 e. The molecule has 0 saturated heterocycles. The Morgan fingerprint density at radius 2 is 1.80 bits per heavy atom.